The number of ether oxygens (including phenoxy) is 1. The molecule has 108 valence electrons. The molecule has 19 heavy (non-hydrogen) atoms. The van der Waals surface area contributed by atoms with E-state index in [9.17, 15) is 0 Å². The van der Waals surface area contributed by atoms with Crippen molar-refractivity contribution in [2.24, 2.45) is 0 Å². The van der Waals surface area contributed by atoms with Crippen LogP contribution in [0.5, 0.6) is 5.75 Å². The molecule has 0 fully saturated rings. The minimum atomic E-state index is 0.176. The van der Waals surface area contributed by atoms with Crippen molar-refractivity contribution in [2.75, 3.05) is 20.7 Å². The molecule has 0 heterocycles. The van der Waals surface area contributed by atoms with Crippen molar-refractivity contribution in [3.05, 3.63) is 29.8 Å². The Labute approximate surface area is 118 Å². The van der Waals surface area contributed by atoms with Crippen molar-refractivity contribution in [2.45, 2.75) is 45.8 Å². The van der Waals surface area contributed by atoms with Gasteiger partial charge in [-0.1, -0.05) is 12.1 Å². The Morgan fingerprint density at radius 1 is 1.21 bits per heavy atom. The van der Waals surface area contributed by atoms with Gasteiger partial charge in [-0.05, 0) is 52.4 Å². The molecule has 0 aromatic heterocycles. The number of likely N-dealkylation sites (N-methyl/N-ethyl adjacent to an activating group) is 1. The lowest BCUT2D eigenvalue weighted by atomic mass is 10.1. The molecule has 1 rings (SSSR count). The molecule has 0 spiro atoms. The van der Waals surface area contributed by atoms with E-state index in [0.29, 0.717) is 6.04 Å². The lowest BCUT2D eigenvalue weighted by molar-refractivity contribution is 0.228. The molecule has 3 heteroatoms. The average molecular weight is 264 g/mol. The number of nitrogens with zero attached hydrogens (tertiary/aromatic N) is 1. The lowest BCUT2D eigenvalue weighted by Gasteiger charge is -2.29. The van der Waals surface area contributed by atoms with E-state index in [1.165, 1.54) is 5.56 Å². The van der Waals surface area contributed by atoms with Crippen LogP contribution in [-0.4, -0.2) is 37.2 Å². The van der Waals surface area contributed by atoms with Crippen LogP contribution in [0, 0.1) is 0 Å². The summed E-state index contributed by atoms with van der Waals surface area (Å²) in [7, 11) is 3.86. The zero-order valence-corrected chi connectivity index (χ0v) is 13.2. The predicted octanol–water partition coefficient (Wildman–Crippen LogP) is 2.90. The van der Waals surface area contributed by atoms with Crippen molar-refractivity contribution in [3.63, 3.8) is 0 Å². The highest BCUT2D eigenvalue weighted by Crippen LogP contribution is 2.13. The van der Waals surface area contributed by atoms with E-state index >= 15 is 0 Å². The van der Waals surface area contributed by atoms with Crippen LogP contribution in [-0.2, 0) is 6.54 Å². The first-order valence-corrected chi connectivity index (χ1v) is 6.90. The number of hydrogen-bond donors (Lipinski definition) is 1. The number of nitrogens with one attached hydrogen (secondary N) is 1. The van der Waals surface area contributed by atoms with Crippen LogP contribution in [0.25, 0.3) is 0 Å². The van der Waals surface area contributed by atoms with Gasteiger partial charge >= 0.3 is 0 Å². The summed E-state index contributed by atoms with van der Waals surface area (Å²) in [5, 5.41) is 3.54. The van der Waals surface area contributed by atoms with Crippen LogP contribution in [0.3, 0.4) is 0 Å². The number of hydrogen-bond acceptors (Lipinski definition) is 3. The Bertz CT molecular complexity index is 367. The maximum absolute atomic E-state index is 5.17. The van der Waals surface area contributed by atoms with Crippen molar-refractivity contribution in [3.8, 4) is 5.75 Å². The van der Waals surface area contributed by atoms with Crippen LogP contribution < -0.4 is 10.1 Å². The molecular weight excluding hydrogens is 236 g/mol. The topological polar surface area (TPSA) is 24.5 Å². The molecule has 0 bridgehead atoms. The fourth-order valence-corrected chi connectivity index (χ4v) is 1.78. The minimum Gasteiger partial charge on any atom is -0.497 e. The lowest BCUT2D eigenvalue weighted by Crippen LogP contribution is -2.44. The summed E-state index contributed by atoms with van der Waals surface area (Å²) in [4.78, 5) is 2.36. The van der Waals surface area contributed by atoms with E-state index in [1.54, 1.807) is 7.11 Å². The van der Waals surface area contributed by atoms with E-state index < -0.39 is 0 Å². The van der Waals surface area contributed by atoms with Gasteiger partial charge in [0, 0.05) is 24.7 Å². The third-order valence-electron chi connectivity index (χ3n) is 3.27. The fraction of sp³-hybridized carbons (Fsp3) is 0.625. The van der Waals surface area contributed by atoms with Gasteiger partial charge in [-0.3, -0.25) is 4.90 Å². The molecule has 0 amide bonds. The molecule has 0 aliphatic heterocycles. The molecule has 1 N–H and O–H groups in total. The minimum absolute atomic E-state index is 0.176. The van der Waals surface area contributed by atoms with Gasteiger partial charge in [-0.15, -0.1) is 0 Å². The first-order valence-electron chi connectivity index (χ1n) is 6.90. The largest absolute Gasteiger partial charge is 0.497 e. The van der Waals surface area contributed by atoms with Gasteiger partial charge in [0.2, 0.25) is 0 Å². The molecule has 0 saturated carbocycles. The summed E-state index contributed by atoms with van der Waals surface area (Å²) in [5.41, 5.74) is 1.49. The first-order chi connectivity index (χ1) is 8.81. The van der Waals surface area contributed by atoms with E-state index in [1.807, 2.05) is 12.1 Å². The van der Waals surface area contributed by atoms with Gasteiger partial charge in [0.1, 0.15) is 5.75 Å². The molecular formula is C16H28N2O. The number of rotatable bonds is 6. The molecule has 1 aromatic rings. The molecule has 0 saturated heterocycles. The molecule has 0 aliphatic carbocycles. The van der Waals surface area contributed by atoms with E-state index in [-0.39, 0.29) is 5.54 Å². The Hall–Kier alpha value is -1.06. The van der Waals surface area contributed by atoms with E-state index in [2.05, 4.69) is 57.1 Å². The van der Waals surface area contributed by atoms with Crippen LogP contribution in [0.1, 0.15) is 33.3 Å². The smallest absolute Gasteiger partial charge is 0.118 e. The second-order valence-corrected chi connectivity index (χ2v) is 6.24. The number of benzene rings is 1. The van der Waals surface area contributed by atoms with Crippen LogP contribution in [0.4, 0.5) is 0 Å². The maximum Gasteiger partial charge on any atom is 0.118 e. The zero-order valence-electron chi connectivity index (χ0n) is 13.2. The van der Waals surface area contributed by atoms with Gasteiger partial charge in [0.05, 0.1) is 7.11 Å². The molecule has 0 radical (unpaired) electrons. The molecule has 3 nitrogen and oxygen atoms in total. The van der Waals surface area contributed by atoms with Gasteiger partial charge < -0.3 is 10.1 Å². The highest BCUT2D eigenvalue weighted by molar-refractivity contribution is 5.27. The van der Waals surface area contributed by atoms with Gasteiger partial charge in [-0.2, -0.15) is 0 Å². The van der Waals surface area contributed by atoms with Crippen LogP contribution in [0.2, 0.25) is 0 Å². The fourth-order valence-electron chi connectivity index (χ4n) is 1.78. The van der Waals surface area contributed by atoms with Gasteiger partial charge in [-0.25, -0.2) is 0 Å². The second kappa shape index (κ2) is 6.92. The zero-order chi connectivity index (χ0) is 14.5. The monoisotopic (exact) mass is 264 g/mol. The quantitative estimate of drug-likeness (QED) is 0.855. The van der Waals surface area contributed by atoms with Crippen molar-refractivity contribution in [1.29, 1.82) is 0 Å². The average Bonchev–Trinajstić information content (AvgIpc) is 2.36. The molecule has 1 aromatic carbocycles. The maximum atomic E-state index is 5.17. The summed E-state index contributed by atoms with van der Waals surface area (Å²) >= 11 is 0. The van der Waals surface area contributed by atoms with E-state index in [4.69, 9.17) is 4.74 Å². The molecule has 0 aliphatic rings. The summed E-state index contributed by atoms with van der Waals surface area (Å²) in [5.74, 6) is 0.911. The molecule has 1 atom stereocenters. The summed E-state index contributed by atoms with van der Waals surface area (Å²) < 4.78 is 5.17. The Morgan fingerprint density at radius 3 is 2.26 bits per heavy atom. The van der Waals surface area contributed by atoms with Gasteiger partial charge in [0.25, 0.3) is 0 Å². The highest BCUT2D eigenvalue weighted by Gasteiger charge is 2.14. The highest BCUT2D eigenvalue weighted by atomic mass is 16.5. The summed E-state index contributed by atoms with van der Waals surface area (Å²) in [6, 6.07) is 8.78. The normalized spacial score (nSPS) is 13.6. The van der Waals surface area contributed by atoms with E-state index in [0.717, 1.165) is 18.8 Å². The predicted molar refractivity (Wildman–Crippen MR) is 81.7 cm³/mol. The Morgan fingerprint density at radius 2 is 1.79 bits per heavy atom. The Balaban J connectivity index is 2.46. The summed E-state index contributed by atoms with van der Waals surface area (Å²) in [6.07, 6.45) is 0. The SMILES string of the molecule is COc1ccc(CN(C)C(C)CNC(C)(C)C)cc1. The van der Waals surface area contributed by atoms with Crippen molar-refractivity contribution in [1.82, 2.24) is 10.2 Å². The first kappa shape index (κ1) is 16.0. The second-order valence-electron chi connectivity index (χ2n) is 6.24. The summed E-state index contributed by atoms with van der Waals surface area (Å²) in [6.45, 7) is 10.8. The van der Waals surface area contributed by atoms with Crippen LogP contribution >= 0.6 is 0 Å². The standard InChI is InChI=1S/C16H28N2O/c1-13(11-17-16(2,3)4)18(5)12-14-7-9-15(19-6)10-8-14/h7-10,13,17H,11-12H2,1-6H3. The van der Waals surface area contributed by atoms with Crippen molar-refractivity contribution < 1.29 is 4.74 Å². The molecule has 1 unspecified atom stereocenters. The van der Waals surface area contributed by atoms with Crippen LogP contribution in [0.15, 0.2) is 24.3 Å². The van der Waals surface area contributed by atoms with Crippen molar-refractivity contribution >= 4 is 0 Å². The Kier molecular flexibility index (Phi) is 5.83. The third-order valence-corrected chi connectivity index (χ3v) is 3.27. The third kappa shape index (κ3) is 6.08. The number of methoxy groups -OCH3 is 1. The van der Waals surface area contributed by atoms with Gasteiger partial charge in [0.15, 0.2) is 0 Å².